The zero-order valence-corrected chi connectivity index (χ0v) is 10.1. The third-order valence-corrected chi connectivity index (χ3v) is 3.44. The average molecular weight is 198 g/mol. The second-order valence-corrected chi connectivity index (χ2v) is 4.72. The van der Waals surface area contributed by atoms with Gasteiger partial charge in [0.25, 0.3) is 0 Å². The summed E-state index contributed by atoms with van der Waals surface area (Å²) < 4.78 is 0. The van der Waals surface area contributed by atoms with Crippen LogP contribution in [0.5, 0.6) is 0 Å². The number of likely N-dealkylation sites (tertiary alicyclic amines) is 1. The highest BCUT2D eigenvalue weighted by atomic mass is 15.1. The van der Waals surface area contributed by atoms with Crippen molar-refractivity contribution >= 4 is 0 Å². The maximum absolute atomic E-state index is 3.60. The minimum Gasteiger partial charge on any atom is -0.316 e. The van der Waals surface area contributed by atoms with E-state index >= 15 is 0 Å². The maximum Gasteiger partial charge on any atom is 0.00222 e. The predicted octanol–water partition coefficient (Wildman–Crippen LogP) is 1.96. The first-order valence-corrected chi connectivity index (χ1v) is 6.19. The standard InChI is InChI=1S/C12H26N2/c1-4-11(3)8-13-9-12-6-7-14(5-2)10-12/h11-13H,4-10H2,1-3H3. The van der Waals surface area contributed by atoms with Crippen molar-refractivity contribution < 1.29 is 0 Å². The largest absolute Gasteiger partial charge is 0.316 e. The summed E-state index contributed by atoms with van der Waals surface area (Å²) in [6.45, 7) is 13.1. The van der Waals surface area contributed by atoms with Crippen molar-refractivity contribution in [2.24, 2.45) is 11.8 Å². The maximum atomic E-state index is 3.60. The number of rotatable bonds is 6. The molecule has 0 spiro atoms. The minimum absolute atomic E-state index is 0.832. The molecule has 1 saturated heterocycles. The van der Waals surface area contributed by atoms with Crippen LogP contribution < -0.4 is 5.32 Å². The van der Waals surface area contributed by atoms with Crippen LogP contribution in [0.3, 0.4) is 0 Å². The first kappa shape index (κ1) is 12.0. The van der Waals surface area contributed by atoms with E-state index in [0.717, 1.165) is 11.8 Å². The Morgan fingerprint density at radius 3 is 2.79 bits per heavy atom. The summed E-state index contributed by atoms with van der Waals surface area (Å²) in [5.74, 6) is 1.73. The molecular formula is C12H26N2. The quantitative estimate of drug-likeness (QED) is 0.702. The molecule has 84 valence electrons. The average Bonchev–Trinajstić information content (AvgIpc) is 2.65. The topological polar surface area (TPSA) is 15.3 Å². The summed E-state index contributed by atoms with van der Waals surface area (Å²) in [6.07, 6.45) is 2.68. The fraction of sp³-hybridized carbons (Fsp3) is 1.00. The van der Waals surface area contributed by atoms with Gasteiger partial charge in [-0.25, -0.2) is 0 Å². The van der Waals surface area contributed by atoms with Crippen molar-refractivity contribution in [3.05, 3.63) is 0 Å². The fourth-order valence-electron chi connectivity index (χ4n) is 2.04. The Morgan fingerprint density at radius 1 is 1.43 bits per heavy atom. The Kier molecular flexibility index (Phi) is 5.49. The fourth-order valence-corrected chi connectivity index (χ4v) is 2.04. The lowest BCUT2D eigenvalue weighted by Crippen LogP contribution is -2.29. The van der Waals surface area contributed by atoms with E-state index in [2.05, 4.69) is 31.0 Å². The molecule has 0 radical (unpaired) electrons. The molecular weight excluding hydrogens is 172 g/mol. The van der Waals surface area contributed by atoms with E-state index in [1.165, 1.54) is 45.6 Å². The Hall–Kier alpha value is -0.0800. The Morgan fingerprint density at radius 2 is 2.21 bits per heavy atom. The minimum atomic E-state index is 0.832. The van der Waals surface area contributed by atoms with E-state index in [1.54, 1.807) is 0 Å². The first-order chi connectivity index (χ1) is 6.76. The van der Waals surface area contributed by atoms with Crippen LogP contribution in [0.4, 0.5) is 0 Å². The molecule has 0 amide bonds. The van der Waals surface area contributed by atoms with Gasteiger partial charge in [-0.3, -0.25) is 0 Å². The molecule has 0 aliphatic carbocycles. The van der Waals surface area contributed by atoms with E-state index in [4.69, 9.17) is 0 Å². The molecule has 1 aliphatic heterocycles. The molecule has 14 heavy (non-hydrogen) atoms. The normalized spacial score (nSPS) is 25.5. The van der Waals surface area contributed by atoms with Crippen molar-refractivity contribution in [2.75, 3.05) is 32.7 Å². The lowest BCUT2D eigenvalue weighted by molar-refractivity contribution is 0.336. The van der Waals surface area contributed by atoms with Gasteiger partial charge >= 0.3 is 0 Å². The van der Waals surface area contributed by atoms with Gasteiger partial charge in [0.05, 0.1) is 0 Å². The highest BCUT2D eigenvalue weighted by Crippen LogP contribution is 2.14. The van der Waals surface area contributed by atoms with Crippen LogP contribution in [0.25, 0.3) is 0 Å². The summed E-state index contributed by atoms with van der Waals surface area (Å²) >= 11 is 0. The van der Waals surface area contributed by atoms with Gasteiger partial charge in [0.15, 0.2) is 0 Å². The van der Waals surface area contributed by atoms with Gasteiger partial charge < -0.3 is 10.2 Å². The smallest absolute Gasteiger partial charge is 0.00222 e. The molecule has 2 nitrogen and oxygen atoms in total. The summed E-state index contributed by atoms with van der Waals surface area (Å²) in [4.78, 5) is 2.55. The van der Waals surface area contributed by atoms with Crippen molar-refractivity contribution in [3.63, 3.8) is 0 Å². The molecule has 0 aromatic rings. The molecule has 1 heterocycles. The molecule has 0 aromatic heterocycles. The Bertz CT molecular complexity index is 147. The third-order valence-electron chi connectivity index (χ3n) is 3.44. The van der Waals surface area contributed by atoms with Crippen LogP contribution in [-0.2, 0) is 0 Å². The number of hydrogen-bond acceptors (Lipinski definition) is 2. The monoisotopic (exact) mass is 198 g/mol. The predicted molar refractivity (Wildman–Crippen MR) is 62.5 cm³/mol. The Balaban J connectivity index is 2.03. The molecule has 1 rings (SSSR count). The van der Waals surface area contributed by atoms with E-state index in [-0.39, 0.29) is 0 Å². The van der Waals surface area contributed by atoms with Gasteiger partial charge in [-0.15, -0.1) is 0 Å². The number of nitrogens with zero attached hydrogens (tertiary/aromatic N) is 1. The van der Waals surface area contributed by atoms with Crippen LogP contribution in [-0.4, -0.2) is 37.6 Å². The second-order valence-electron chi connectivity index (χ2n) is 4.72. The van der Waals surface area contributed by atoms with Crippen LogP contribution in [0.15, 0.2) is 0 Å². The molecule has 0 aromatic carbocycles. The van der Waals surface area contributed by atoms with E-state index in [1.807, 2.05) is 0 Å². The lowest BCUT2D eigenvalue weighted by Gasteiger charge is -2.15. The van der Waals surface area contributed by atoms with Crippen LogP contribution >= 0.6 is 0 Å². The molecule has 1 fully saturated rings. The van der Waals surface area contributed by atoms with E-state index in [9.17, 15) is 0 Å². The van der Waals surface area contributed by atoms with Crippen LogP contribution in [0.1, 0.15) is 33.6 Å². The molecule has 2 heteroatoms. The van der Waals surface area contributed by atoms with Crippen LogP contribution in [0, 0.1) is 11.8 Å². The zero-order valence-electron chi connectivity index (χ0n) is 10.1. The SMILES string of the molecule is CCC(C)CNCC1CCN(CC)C1. The summed E-state index contributed by atoms with van der Waals surface area (Å²) in [6, 6.07) is 0. The molecule has 0 saturated carbocycles. The second kappa shape index (κ2) is 6.41. The highest BCUT2D eigenvalue weighted by molar-refractivity contribution is 4.76. The Labute approximate surface area is 89.1 Å². The molecule has 2 atom stereocenters. The molecule has 2 unspecified atom stereocenters. The van der Waals surface area contributed by atoms with E-state index < -0.39 is 0 Å². The highest BCUT2D eigenvalue weighted by Gasteiger charge is 2.20. The zero-order chi connectivity index (χ0) is 10.4. The van der Waals surface area contributed by atoms with Gasteiger partial charge in [0.1, 0.15) is 0 Å². The van der Waals surface area contributed by atoms with Crippen molar-refractivity contribution in [3.8, 4) is 0 Å². The van der Waals surface area contributed by atoms with Crippen molar-refractivity contribution in [2.45, 2.75) is 33.6 Å². The molecule has 0 bridgehead atoms. The van der Waals surface area contributed by atoms with Gasteiger partial charge in [-0.05, 0) is 44.4 Å². The number of nitrogens with one attached hydrogen (secondary N) is 1. The molecule has 1 aliphatic rings. The molecule has 1 N–H and O–H groups in total. The summed E-state index contributed by atoms with van der Waals surface area (Å²) in [5, 5.41) is 3.60. The van der Waals surface area contributed by atoms with Crippen molar-refractivity contribution in [1.29, 1.82) is 0 Å². The van der Waals surface area contributed by atoms with Crippen LogP contribution in [0.2, 0.25) is 0 Å². The summed E-state index contributed by atoms with van der Waals surface area (Å²) in [7, 11) is 0. The van der Waals surface area contributed by atoms with Crippen molar-refractivity contribution in [1.82, 2.24) is 10.2 Å². The first-order valence-electron chi connectivity index (χ1n) is 6.19. The van der Waals surface area contributed by atoms with Gasteiger partial charge in [0, 0.05) is 6.54 Å². The van der Waals surface area contributed by atoms with Gasteiger partial charge in [0.2, 0.25) is 0 Å². The number of hydrogen-bond donors (Lipinski definition) is 1. The summed E-state index contributed by atoms with van der Waals surface area (Å²) in [5.41, 5.74) is 0. The van der Waals surface area contributed by atoms with Gasteiger partial charge in [-0.2, -0.15) is 0 Å². The third kappa shape index (κ3) is 3.97. The van der Waals surface area contributed by atoms with Gasteiger partial charge in [-0.1, -0.05) is 27.2 Å². The lowest BCUT2D eigenvalue weighted by atomic mass is 10.1. The van der Waals surface area contributed by atoms with E-state index in [0.29, 0.717) is 0 Å².